The molecule has 3 rings (SSSR count). The van der Waals surface area contributed by atoms with Crippen molar-refractivity contribution in [1.29, 1.82) is 5.26 Å². The molecular weight excluding hydrogens is 347 g/mol. The highest BCUT2D eigenvalue weighted by atomic mass is 35.5. The Balaban J connectivity index is 1.79. The van der Waals surface area contributed by atoms with Crippen molar-refractivity contribution in [3.63, 3.8) is 0 Å². The van der Waals surface area contributed by atoms with Gasteiger partial charge in [0.15, 0.2) is 5.76 Å². The van der Waals surface area contributed by atoms with Gasteiger partial charge in [-0.1, -0.05) is 23.2 Å². The number of rotatable bonds is 3. The third-order valence-corrected chi connectivity index (χ3v) is 3.85. The van der Waals surface area contributed by atoms with Crippen LogP contribution in [0.25, 0.3) is 11.3 Å². The zero-order chi connectivity index (χ0) is 17.1. The molecule has 1 N–H and O–H groups in total. The first-order valence-electron chi connectivity index (χ1n) is 6.93. The van der Waals surface area contributed by atoms with Crippen LogP contribution >= 0.6 is 23.2 Å². The van der Waals surface area contributed by atoms with E-state index in [2.05, 4.69) is 5.32 Å². The Bertz CT molecular complexity index is 940. The zero-order valence-corrected chi connectivity index (χ0v) is 13.7. The van der Waals surface area contributed by atoms with Gasteiger partial charge in [0, 0.05) is 16.3 Å². The van der Waals surface area contributed by atoms with Crippen LogP contribution in [-0.4, -0.2) is 5.91 Å². The smallest absolute Gasteiger partial charge is 0.291 e. The lowest BCUT2D eigenvalue weighted by atomic mass is 10.2. The summed E-state index contributed by atoms with van der Waals surface area (Å²) in [6.07, 6.45) is 0. The topological polar surface area (TPSA) is 66.0 Å². The summed E-state index contributed by atoms with van der Waals surface area (Å²) >= 11 is 12.0. The fourth-order valence-electron chi connectivity index (χ4n) is 2.11. The molecule has 1 heterocycles. The van der Waals surface area contributed by atoms with Gasteiger partial charge in [-0.25, -0.2) is 0 Å². The molecule has 2 aromatic carbocycles. The van der Waals surface area contributed by atoms with E-state index in [4.69, 9.17) is 32.9 Å². The van der Waals surface area contributed by atoms with Crippen LogP contribution in [0.3, 0.4) is 0 Å². The molecule has 4 nitrogen and oxygen atoms in total. The van der Waals surface area contributed by atoms with Gasteiger partial charge in [0.1, 0.15) is 5.76 Å². The molecular formula is C18H10Cl2N2O2. The number of hydrogen-bond donors (Lipinski definition) is 1. The molecule has 6 heteroatoms. The van der Waals surface area contributed by atoms with Crippen LogP contribution in [0.5, 0.6) is 0 Å². The van der Waals surface area contributed by atoms with Crippen LogP contribution in [0, 0.1) is 11.3 Å². The highest BCUT2D eigenvalue weighted by Gasteiger charge is 2.14. The first-order chi connectivity index (χ1) is 11.6. The van der Waals surface area contributed by atoms with E-state index in [-0.39, 0.29) is 5.76 Å². The fraction of sp³-hybridized carbons (Fsp3) is 0. The number of furan rings is 1. The number of nitrogens with one attached hydrogen (secondary N) is 1. The lowest BCUT2D eigenvalue weighted by Crippen LogP contribution is -2.10. The Morgan fingerprint density at radius 3 is 2.46 bits per heavy atom. The molecule has 0 atom stereocenters. The van der Waals surface area contributed by atoms with Gasteiger partial charge in [-0.2, -0.15) is 5.26 Å². The third kappa shape index (κ3) is 3.43. The quantitative estimate of drug-likeness (QED) is 0.685. The van der Waals surface area contributed by atoms with E-state index in [1.54, 1.807) is 54.6 Å². The molecule has 0 spiro atoms. The van der Waals surface area contributed by atoms with Crippen molar-refractivity contribution in [1.82, 2.24) is 0 Å². The molecule has 0 aliphatic heterocycles. The summed E-state index contributed by atoms with van der Waals surface area (Å²) < 4.78 is 5.58. The summed E-state index contributed by atoms with van der Waals surface area (Å²) in [5, 5.41) is 12.4. The first-order valence-corrected chi connectivity index (χ1v) is 7.69. The molecule has 0 bridgehead atoms. The van der Waals surface area contributed by atoms with Gasteiger partial charge in [-0.15, -0.1) is 0 Å². The fourth-order valence-corrected chi connectivity index (χ4v) is 2.62. The Kier molecular flexibility index (Phi) is 4.57. The normalized spacial score (nSPS) is 10.2. The number of halogens is 2. The Morgan fingerprint density at radius 2 is 1.79 bits per heavy atom. The number of carbonyl (C=O) groups is 1. The van der Waals surface area contributed by atoms with E-state index in [1.807, 2.05) is 6.07 Å². The molecule has 118 valence electrons. The van der Waals surface area contributed by atoms with Gasteiger partial charge in [-0.3, -0.25) is 4.79 Å². The third-order valence-electron chi connectivity index (χ3n) is 3.30. The number of nitrogens with zero attached hydrogens (tertiary/aromatic N) is 1. The molecule has 0 saturated carbocycles. The predicted molar refractivity (Wildman–Crippen MR) is 93.3 cm³/mol. The minimum Gasteiger partial charge on any atom is -0.451 e. The molecule has 3 aromatic rings. The highest BCUT2D eigenvalue weighted by Crippen LogP contribution is 2.31. The summed E-state index contributed by atoms with van der Waals surface area (Å²) in [6, 6.07) is 16.8. The summed E-state index contributed by atoms with van der Waals surface area (Å²) in [7, 11) is 0. The molecule has 0 saturated heterocycles. The van der Waals surface area contributed by atoms with E-state index >= 15 is 0 Å². The van der Waals surface area contributed by atoms with Gasteiger partial charge < -0.3 is 9.73 Å². The maximum Gasteiger partial charge on any atom is 0.291 e. The van der Waals surface area contributed by atoms with Crippen LogP contribution in [0.1, 0.15) is 16.1 Å². The van der Waals surface area contributed by atoms with Crippen molar-refractivity contribution >= 4 is 34.8 Å². The van der Waals surface area contributed by atoms with Gasteiger partial charge in [0.2, 0.25) is 0 Å². The Morgan fingerprint density at radius 1 is 1.04 bits per heavy atom. The predicted octanol–water partition coefficient (Wildman–Crippen LogP) is 5.38. The Hall–Kier alpha value is -2.74. The monoisotopic (exact) mass is 356 g/mol. The molecule has 1 aromatic heterocycles. The number of carbonyl (C=O) groups excluding carboxylic acids is 1. The van der Waals surface area contributed by atoms with Crippen LogP contribution in [0.2, 0.25) is 10.0 Å². The minimum absolute atomic E-state index is 0.153. The minimum atomic E-state index is -0.393. The number of benzene rings is 2. The molecule has 1 amide bonds. The maximum atomic E-state index is 12.2. The van der Waals surface area contributed by atoms with Crippen LogP contribution in [-0.2, 0) is 0 Å². The lowest BCUT2D eigenvalue weighted by molar-refractivity contribution is 0.0997. The second-order valence-electron chi connectivity index (χ2n) is 4.93. The highest BCUT2D eigenvalue weighted by molar-refractivity contribution is 6.36. The van der Waals surface area contributed by atoms with Gasteiger partial charge in [0.25, 0.3) is 5.91 Å². The van der Waals surface area contributed by atoms with Gasteiger partial charge >= 0.3 is 0 Å². The van der Waals surface area contributed by atoms with Crippen LogP contribution < -0.4 is 5.32 Å². The number of anilines is 1. The van der Waals surface area contributed by atoms with E-state index in [9.17, 15) is 4.79 Å². The summed E-state index contributed by atoms with van der Waals surface area (Å²) in [4.78, 5) is 12.2. The van der Waals surface area contributed by atoms with Gasteiger partial charge in [-0.05, 0) is 54.6 Å². The van der Waals surface area contributed by atoms with Crippen molar-refractivity contribution in [2.45, 2.75) is 0 Å². The van der Waals surface area contributed by atoms with Crippen molar-refractivity contribution < 1.29 is 9.21 Å². The summed E-state index contributed by atoms with van der Waals surface area (Å²) in [6.45, 7) is 0. The average molecular weight is 357 g/mol. The van der Waals surface area contributed by atoms with Crippen molar-refractivity contribution in [3.05, 3.63) is 76.0 Å². The second-order valence-corrected chi connectivity index (χ2v) is 5.77. The SMILES string of the molecule is N#Cc1ccc(NC(=O)c2ccc(-c3ccc(Cl)cc3Cl)o2)cc1. The van der Waals surface area contributed by atoms with E-state index < -0.39 is 5.91 Å². The largest absolute Gasteiger partial charge is 0.451 e. The molecule has 0 fully saturated rings. The zero-order valence-electron chi connectivity index (χ0n) is 12.2. The number of amides is 1. The maximum absolute atomic E-state index is 12.2. The molecule has 0 unspecified atom stereocenters. The molecule has 24 heavy (non-hydrogen) atoms. The first kappa shape index (κ1) is 16.1. The summed E-state index contributed by atoms with van der Waals surface area (Å²) in [5.41, 5.74) is 1.74. The Labute approximate surface area is 148 Å². The van der Waals surface area contributed by atoms with E-state index in [1.165, 1.54) is 0 Å². The van der Waals surface area contributed by atoms with Crippen molar-refractivity contribution in [2.75, 3.05) is 5.32 Å². The molecule has 0 radical (unpaired) electrons. The molecule has 0 aliphatic carbocycles. The van der Waals surface area contributed by atoms with Crippen LogP contribution in [0.15, 0.2) is 59.0 Å². The van der Waals surface area contributed by atoms with E-state index in [0.29, 0.717) is 32.6 Å². The summed E-state index contributed by atoms with van der Waals surface area (Å²) in [5.74, 6) is 0.234. The van der Waals surface area contributed by atoms with Gasteiger partial charge in [0.05, 0.1) is 16.7 Å². The van der Waals surface area contributed by atoms with Crippen LogP contribution in [0.4, 0.5) is 5.69 Å². The van der Waals surface area contributed by atoms with Crippen molar-refractivity contribution in [3.8, 4) is 17.4 Å². The second kappa shape index (κ2) is 6.79. The average Bonchev–Trinajstić information content (AvgIpc) is 3.05. The number of hydrogen-bond acceptors (Lipinski definition) is 3. The number of nitriles is 1. The standard InChI is InChI=1S/C18H10Cl2N2O2/c19-12-3-6-14(15(20)9-12)16-7-8-17(24-16)18(23)22-13-4-1-11(10-21)2-5-13/h1-9H,(H,22,23). The van der Waals surface area contributed by atoms with E-state index in [0.717, 1.165) is 0 Å². The van der Waals surface area contributed by atoms with Crippen molar-refractivity contribution in [2.24, 2.45) is 0 Å². The lowest BCUT2D eigenvalue weighted by Gasteiger charge is -2.03. The molecule has 0 aliphatic rings.